The highest BCUT2D eigenvalue weighted by Gasteiger charge is 2.04. The molecule has 7 nitrogen and oxygen atoms in total. The lowest BCUT2D eigenvalue weighted by Crippen LogP contribution is -2.30. The van der Waals surface area contributed by atoms with E-state index in [1.165, 1.54) is 0 Å². The summed E-state index contributed by atoms with van der Waals surface area (Å²) in [7, 11) is 0. The number of hydrogen-bond acceptors (Lipinski definition) is 6. The molecule has 0 bridgehead atoms. The molecule has 0 atom stereocenters. The van der Waals surface area contributed by atoms with E-state index in [-0.39, 0.29) is 5.91 Å². The Morgan fingerprint density at radius 2 is 1.70 bits per heavy atom. The van der Waals surface area contributed by atoms with Gasteiger partial charge in [0.25, 0.3) is 0 Å². The summed E-state index contributed by atoms with van der Waals surface area (Å²) in [6, 6.07) is 17.1. The fraction of sp³-hybridized carbons (Fsp3) is 0.200. The first-order valence-electron chi connectivity index (χ1n) is 8.77. The third-order valence-corrected chi connectivity index (χ3v) is 3.72. The van der Waals surface area contributed by atoms with Gasteiger partial charge in [0.05, 0.1) is 6.42 Å². The van der Waals surface area contributed by atoms with Gasteiger partial charge in [0.15, 0.2) is 0 Å². The predicted octanol–water partition coefficient (Wildman–Crippen LogP) is 2.69. The van der Waals surface area contributed by atoms with Gasteiger partial charge in [0.1, 0.15) is 23.3 Å². The quantitative estimate of drug-likeness (QED) is 0.534. The maximum absolute atomic E-state index is 12.0. The van der Waals surface area contributed by atoms with Gasteiger partial charge in [-0.2, -0.15) is 0 Å². The molecule has 3 rings (SSSR count). The smallest absolute Gasteiger partial charge is 0.224 e. The highest BCUT2D eigenvalue weighted by Crippen LogP contribution is 2.15. The zero-order valence-corrected chi connectivity index (χ0v) is 15.1. The largest absolute Gasteiger partial charge is 0.368 e. The second-order valence-electron chi connectivity index (χ2n) is 5.96. The van der Waals surface area contributed by atoms with Crippen LogP contribution in [-0.4, -0.2) is 33.9 Å². The van der Waals surface area contributed by atoms with E-state index in [1.807, 2.05) is 61.5 Å². The third kappa shape index (κ3) is 6.07. The average molecular weight is 362 g/mol. The van der Waals surface area contributed by atoms with Crippen molar-refractivity contribution >= 4 is 23.4 Å². The van der Waals surface area contributed by atoms with Gasteiger partial charge in [-0.05, 0) is 24.6 Å². The molecular weight excluding hydrogens is 340 g/mol. The molecule has 0 aliphatic rings. The Morgan fingerprint density at radius 1 is 0.926 bits per heavy atom. The number of nitrogens with zero attached hydrogens (tertiary/aromatic N) is 3. The summed E-state index contributed by atoms with van der Waals surface area (Å²) in [5.41, 5.74) is 1.000. The molecule has 0 saturated heterocycles. The maximum Gasteiger partial charge on any atom is 0.224 e. The van der Waals surface area contributed by atoms with E-state index in [0.29, 0.717) is 37.0 Å². The first-order chi connectivity index (χ1) is 13.2. The van der Waals surface area contributed by atoms with E-state index in [2.05, 4.69) is 30.9 Å². The molecule has 0 fully saturated rings. The summed E-state index contributed by atoms with van der Waals surface area (Å²) in [4.78, 5) is 24.9. The van der Waals surface area contributed by atoms with E-state index < -0.39 is 0 Å². The van der Waals surface area contributed by atoms with Gasteiger partial charge in [-0.1, -0.05) is 36.4 Å². The Morgan fingerprint density at radius 3 is 2.48 bits per heavy atom. The van der Waals surface area contributed by atoms with Crippen LogP contribution in [0.3, 0.4) is 0 Å². The average Bonchev–Trinajstić information content (AvgIpc) is 2.66. The van der Waals surface area contributed by atoms with E-state index in [1.54, 1.807) is 6.20 Å². The zero-order chi connectivity index (χ0) is 18.9. The third-order valence-electron chi connectivity index (χ3n) is 3.72. The predicted molar refractivity (Wildman–Crippen MR) is 106 cm³/mol. The lowest BCUT2D eigenvalue weighted by molar-refractivity contribution is -0.120. The van der Waals surface area contributed by atoms with Crippen molar-refractivity contribution in [2.45, 2.75) is 13.3 Å². The van der Waals surface area contributed by atoms with Crippen LogP contribution >= 0.6 is 0 Å². The van der Waals surface area contributed by atoms with Crippen LogP contribution in [0.4, 0.5) is 17.5 Å². The highest BCUT2D eigenvalue weighted by molar-refractivity contribution is 5.78. The molecule has 0 radical (unpaired) electrons. The van der Waals surface area contributed by atoms with Crippen LogP contribution in [0.25, 0.3) is 0 Å². The van der Waals surface area contributed by atoms with Gasteiger partial charge in [-0.25, -0.2) is 15.0 Å². The van der Waals surface area contributed by atoms with Gasteiger partial charge in [0, 0.05) is 25.4 Å². The molecule has 0 aliphatic heterocycles. The molecule has 3 N–H and O–H groups in total. The molecule has 0 unspecified atom stereocenters. The van der Waals surface area contributed by atoms with Crippen LogP contribution in [0.5, 0.6) is 0 Å². The molecule has 27 heavy (non-hydrogen) atoms. The Bertz CT molecular complexity index is 870. The van der Waals surface area contributed by atoms with Crippen LogP contribution in [0, 0.1) is 6.92 Å². The first-order valence-corrected chi connectivity index (χ1v) is 8.77. The van der Waals surface area contributed by atoms with Crippen LogP contribution < -0.4 is 16.0 Å². The zero-order valence-electron chi connectivity index (χ0n) is 15.1. The SMILES string of the molecule is Cc1nc(NCCNC(=O)Cc2ccccc2)cc(Nc2ccccn2)n1. The van der Waals surface area contributed by atoms with Crippen molar-refractivity contribution < 1.29 is 4.79 Å². The van der Waals surface area contributed by atoms with Gasteiger partial charge in [0.2, 0.25) is 5.91 Å². The number of carbonyl (C=O) groups is 1. The second-order valence-corrected chi connectivity index (χ2v) is 5.96. The van der Waals surface area contributed by atoms with Crippen molar-refractivity contribution in [1.29, 1.82) is 0 Å². The van der Waals surface area contributed by atoms with E-state index >= 15 is 0 Å². The summed E-state index contributed by atoms with van der Waals surface area (Å²) in [6.45, 7) is 2.91. The Kier molecular flexibility index (Phi) is 6.30. The number of benzene rings is 1. The number of hydrogen-bond donors (Lipinski definition) is 3. The fourth-order valence-electron chi connectivity index (χ4n) is 2.53. The van der Waals surface area contributed by atoms with Crippen molar-refractivity contribution in [3.05, 3.63) is 72.2 Å². The van der Waals surface area contributed by atoms with Gasteiger partial charge in [-0.15, -0.1) is 0 Å². The van der Waals surface area contributed by atoms with Crippen molar-refractivity contribution in [1.82, 2.24) is 20.3 Å². The Hall–Kier alpha value is -3.48. The van der Waals surface area contributed by atoms with Crippen molar-refractivity contribution in [3.63, 3.8) is 0 Å². The summed E-state index contributed by atoms with van der Waals surface area (Å²) in [5, 5.41) is 9.25. The van der Waals surface area contributed by atoms with Gasteiger partial charge < -0.3 is 16.0 Å². The summed E-state index contributed by atoms with van der Waals surface area (Å²) >= 11 is 0. The lowest BCUT2D eigenvalue weighted by Gasteiger charge is -2.10. The molecule has 1 amide bonds. The Labute approximate surface area is 158 Å². The molecular formula is C20H22N6O. The molecule has 3 aromatic rings. The van der Waals surface area contributed by atoms with E-state index in [4.69, 9.17) is 0 Å². The first kappa shape index (κ1) is 18.3. The number of carbonyl (C=O) groups excluding carboxylic acids is 1. The van der Waals surface area contributed by atoms with Gasteiger partial charge in [-0.3, -0.25) is 4.79 Å². The van der Waals surface area contributed by atoms with Gasteiger partial charge >= 0.3 is 0 Å². The number of aromatic nitrogens is 3. The molecule has 7 heteroatoms. The van der Waals surface area contributed by atoms with Crippen LogP contribution in [-0.2, 0) is 11.2 Å². The van der Waals surface area contributed by atoms with Crippen LogP contribution in [0.2, 0.25) is 0 Å². The van der Waals surface area contributed by atoms with Crippen molar-refractivity contribution in [2.75, 3.05) is 23.7 Å². The number of nitrogens with one attached hydrogen (secondary N) is 3. The number of amides is 1. The lowest BCUT2D eigenvalue weighted by atomic mass is 10.1. The molecule has 0 saturated carbocycles. The topological polar surface area (TPSA) is 91.8 Å². The van der Waals surface area contributed by atoms with Crippen molar-refractivity contribution in [3.8, 4) is 0 Å². The minimum Gasteiger partial charge on any atom is -0.368 e. The van der Waals surface area contributed by atoms with E-state index in [0.717, 1.165) is 11.4 Å². The number of pyridine rings is 1. The summed E-state index contributed by atoms with van der Waals surface area (Å²) in [6.07, 6.45) is 2.10. The molecule has 1 aromatic carbocycles. The molecule has 2 heterocycles. The Balaban J connectivity index is 1.47. The van der Waals surface area contributed by atoms with Crippen LogP contribution in [0.15, 0.2) is 60.8 Å². The highest BCUT2D eigenvalue weighted by atomic mass is 16.1. The molecule has 2 aromatic heterocycles. The van der Waals surface area contributed by atoms with Crippen LogP contribution in [0.1, 0.15) is 11.4 Å². The fourth-order valence-corrected chi connectivity index (χ4v) is 2.53. The standard InChI is InChI=1S/C20H22N6O/c1-15-24-18(14-19(25-15)26-17-9-5-6-10-21-17)22-11-12-23-20(27)13-16-7-3-2-4-8-16/h2-10,14H,11-13H2,1H3,(H,23,27)(H2,21,22,24,25,26). The number of aryl methyl sites for hydroxylation is 1. The number of rotatable bonds is 8. The normalized spacial score (nSPS) is 10.3. The van der Waals surface area contributed by atoms with E-state index in [9.17, 15) is 4.79 Å². The minimum absolute atomic E-state index is 0.000578. The summed E-state index contributed by atoms with van der Waals surface area (Å²) < 4.78 is 0. The molecule has 138 valence electrons. The second kappa shape index (κ2) is 9.28. The maximum atomic E-state index is 12.0. The minimum atomic E-state index is -0.000578. The number of anilines is 3. The summed E-state index contributed by atoms with van der Waals surface area (Å²) in [5.74, 6) is 2.72. The monoisotopic (exact) mass is 362 g/mol. The molecule has 0 aliphatic carbocycles. The van der Waals surface area contributed by atoms with Crippen molar-refractivity contribution in [2.24, 2.45) is 0 Å². The molecule has 0 spiro atoms.